The van der Waals surface area contributed by atoms with E-state index in [0.29, 0.717) is 61.5 Å². The van der Waals surface area contributed by atoms with Gasteiger partial charge in [-0.15, -0.1) is 0 Å². The van der Waals surface area contributed by atoms with Gasteiger partial charge in [0.15, 0.2) is 11.5 Å². The monoisotopic (exact) mass is 905 g/mol. The van der Waals surface area contributed by atoms with Crippen molar-refractivity contribution in [1.29, 1.82) is 10.8 Å². The number of amidine groups is 2. The van der Waals surface area contributed by atoms with Gasteiger partial charge in [0, 0.05) is 42.1 Å². The van der Waals surface area contributed by atoms with Gasteiger partial charge in [0.2, 0.25) is 0 Å². The maximum absolute atomic E-state index is 12.5. The molecule has 3 aliphatic rings. The summed E-state index contributed by atoms with van der Waals surface area (Å²) in [5.41, 5.74) is 0.966. The van der Waals surface area contributed by atoms with Crippen LogP contribution < -0.4 is 20.4 Å². The Hall–Kier alpha value is -6.88. The maximum atomic E-state index is 12.5. The number of rotatable bonds is 14. The van der Waals surface area contributed by atoms with Crippen molar-refractivity contribution in [2.75, 3.05) is 62.0 Å². The van der Waals surface area contributed by atoms with Crippen molar-refractivity contribution in [3.05, 3.63) is 108 Å². The van der Waals surface area contributed by atoms with Crippen LogP contribution in [-0.4, -0.2) is 130 Å². The average Bonchev–Trinajstić information content (AvgIpc) is 4.10. The van der Waals surface area contributed by atoms with Gasteiger partial charge in [-0.25, -0.2) is 9.59 Å². The first-order chi connectivity index (χ1) is 30.5. The van der Waals surface area contributed by atoms with Crippen molar-refractivity contribution in [3.63, 3.8) is 0 Å². The number of ether oxygens (including phenoxy) is 3. The number of nitrogens with one attached hydrogen (secondary N) is 4. The molecule has 22 heteroatoms. The highest BCUT2D eigenvalue weighted by atomic mass is 32.2. The van der Waals surface area contributed by atoms with E-state index in [1.54, 1.807) is 67.6 Å². The lowest BCUT2D eigenvalue weighted by Crippen LogP contribution is -2.48. The van der Waals surface area contributed by atoms with Crippen molar-refractivity contribution in [1.82, 2.24) is 15.5 Å². The summed E-state index contributed by atoms with van der Waals surface area (Å²) in [5.74, 6) is -1.47. The van der Waals surface area contributed by atoms with E-state index in [1.165, 1.54) is 34.5 Å². The van der Waals surface area contributed by atoms with Crippen LogP contribution in [0.1, 0.15) is 58.4 Å². The molecule has 7 rings (SSSR count). The average molecular weight is 906 g/mol. The molecule has 5 N–H and O–H groups in total. The number of nitrogens with zero attached hydrogens (tertiary/aromatic N) is 3. The quantitative estimate of drug-likeness (QED) is 0.0398. The Morgan fingerprint density at radius 1 is 0.781 bits per heavy atom. The summed E-state index contributed by atoms with van der Waals surface area (Å²) in [6.07, 6.45) is 2.40. The van der Waals surface area contributed by atoms with E-state index >= 15 is 0 Å². The molecule has 2 aromatic carbocycles. The third-order valence-electron chi connectivity index (χ3n) is 10.1. The summed E-state index contributed by atoms with van der Waals surface area (Å²) in [7, 11) is -3.63. The SMILES string of the molecule is CCOC(=O)CC1(O)CCN(CC2CN(c3ccc(C(=N)NC(=O)c4ccco4)cc3)C(=O)O2)CC1.CS(=O)(=O)OCC1CN(c2ccc(C(=N)NC(=O)c3ccco3)cc2)C(=O)O1. The summed E-state index contributed by atoms with van der Waals surface area (Å²) in [4.78, 5) is 65.2. The number of piperidine rings is 1. The van der Waals surface area contributed by atoms with E-state index in [0.717, 1.165) is 6.26 Å². The summed E-state index contributed by atoms with van der Waals surface area (Å²) < 4.78 is 52.3. The largest absolute Gasteiger partial charge is 0.466 e. The molecule has 340 valence electrons. The predicted octanol–water partition coefficient (Wildman–Crippen LogP) is 3.48. The molecular formula is C42H47N7O14S. The van der Waals surface area contributed by atoms with E-state index in [-0.39, 0.29) is 55.5 Å². The number of furan rings is 2. The summed E-state index contributed by atoms with van der Waals surface area (Å²) in [6.45, 7) is 3.96. The van der Waals surface area contributed by atoms with E-state index in [2.05, 4.69) is 19.7 Å². The number of aliphatic hydroxyl groups is 1. The molecule has 2 atom stereocenters. The molecule has 21 nitrogen and oxygen atoms in total. The van der Waals surface area contributed by atoms with Crippen molar-refractivity contribution in [3.8, 4) is 0 Å². The first-order valence-electron chi connectivity index (χ1n) is 20.0. The molecule has 0 saturated carbocycles. The van der Waals surface area contributed by atoms with E-state index in [9.17, 15) is 37.5 Å². The minimum absolute atomic E-state index is 0.0130. The molecule has 64 heavy (non-hydrogen) atoms. The number of esters is 1. The number of carbonyl (C=O) groups excluding carboxylic acids is 5. The molecule has 5 heterocycles. The van der Waals surface area contributed by atoms with Crippen LogP contribution in [0.25, 0.3) is 0 Å². The summed E-state index contributed by atoms with van der Waals surface area (Å²) >= 11 is 0. The molecule has 0 radical (unpaired) electrons. The first kappa shape index (κ1) is 46.6. The molecule has 4 aromatic rings. The fourth-order valence-electron chi connectivity index (χ4n) is 6.87. The smallest absolute Gasteiger partial charge is 0.414 e. The second kappa shape index (κ2) is 20.5. The molecule has 0 bridgehead atoms. The van der Waals surface area contributed by atoms with Crippen LogP contribution in [0.15, 0.2) is 94.2 Å². The molecule has 3 aliphatic heterocycles. The number of hydrogen-bond donors (Lipinski definition) is 5. The van der Waals surface area contributed by atoms with Crippen LogP contribution in [0.5, 0.6) is 0 Å². The minimum Gasteiger partial charge on any atom is -0.466 e. The van der Waals surface area contributed by atoms with Crippen LogP contribution in [0.2, 0.25) is 0 Å². The van der Waals surface area contributed by atoms with Crippen molar-refractivity contribution in [2.45, 2.75) is 44.0 Å². The van der Waals surface area contributed by atoms with Gasteiger partial charge in [0.1, 0.15) is 30.5 Å². The van der Waals surface area contributed by atoms with Gasteiger partial charge in [-0.3, -0.25) is 44.1 Å². The highest BCUT2D eigenvalue weighted by Crippen LogP contribution is 2.28. The highest BCUT2D eigenvalue weighted by Gasteiger charge is 2.38. The molecule has 2 unspecified atom stereocenters. The van der Waals surface area contributed by atoms with Crippen LogP contribution in [-0.2, 0) is 33.3 Å². The summed E-state index contributed by atoms with van der Waals surface area (Å²) in [5, 5.41) is 31.6. The fraction of sp³-hybridized carbons (Fsp3) is 0.357. The zero-order chi connectivity index (χ0) is 46.0. The number of cyclic esters (lactones) is 2. The van der Waals surface area contributed by atoms with E-state index in [4.69, 9.17) is 33.9 Å². The minimum atomic E-state index is -3.63. The van der Waals surface area contributed by atoms with Gasteiger partial charge in [0.05, 0.1) is 50.5 Å². The standard InChI is InChI=1S/C25H30N4O7.C17H17N3O7S/c1-2-34-21(30)14-25(33)9-11-28(12-10-25)15-19-16-29(24(32)36-19)18-7-5-17(6-8-18)22(26)27-23(31)20-4-3-13-35-20;1-28(23,24)26-10-13-9-20(17(22)27-13)12-6-4-11(5-7-12)15(18)19-16(21)14-3-2-8-25-14/h3-8,13,19,33H,2,9-12,14-16H2,1H3,(H2,26,27,31);2-8,13H,9-10H2,1H3,(H2,18,19,21). The van der Waals surface area contributed by atoms with E-state index in [1.807, 2.05) is 0 Å². The number of likely N-dealkylation sites (tertiary alicyclic amines) is 1. The van der Waals surface area contributed by atoms with Gasteiger partial charge >= 0.3 is 18.2 Å². The number of amides is 4. The van der Waals surface area contributed by atoms with Gasteiger partial charge < -0.3 is 38.8 Å². The maximum Gasteiger partial charge on any atom is 0.414 e. The number of hydrogen-bond acceptors (Lipinski definition) is 17. The summed E-state index contributed by atoms with van der Waals surface area (Å²) in [6, 6.07) is 19.1. The molecule has 2 aromatic heterocycles. The van der Waals surface area contributed by atoms with Crippen LogP contribution >= 0.6 is 0 Å². The number of carbonyl (C=O) groups is 5. The zero-order valence-corrected chi connectivity index (χ0v) is 35.6. The second-order valence-electron chi connectivity index (χ2n) is 14.9. The normalized spacial score (nSPS) is 18.3. The molecule has 0 spiro atoms. The Kier molecular flexibility index (Phi) is 15.0. The Morgan fingerprint density at radius 2 is 1.25 bits per heavy atom. The first-order valence-corrected chi connectivity index (χ1v) is 21.8. The Labute approximate surface area is 367 Å². The Morgan fingerprint density at radius 3 is 1.69 bits per heavy atom. The van der Waals surface area contributed by atoms with Crippen molar-refractivity contribution >= 4 is 63.1 Å². The fourth-order valence-corrected chi connectivity index (χ4v) is 7.27. The molecule has 0 aliphatic carbocycles. The highest BCUT2D eigenvalue weighted by molar-refractivity contribution is 7.86. The van der Waals surface area contributed by atoms with Crippen molar-refractivity contribution < 1.29 is 64.7 Å². The Balaban J connectivity index is 0.000000219. The van der Waals surface area contributed by atoms with Gasteiger partial charge in [-0.1, -0.05) is 0 Å². The van der Waals surface area contributed by atoms with Gasteiger partial charge in [-0.05, 0) is 92.6 Å². The molecule has 3 fully saturated rings. The van der Waals surface area contributed by atoms with Crippen LogP contribution in [0.4, 0.5) is 21.0 Å². The second-order valence-corrected chi connectivity index (χ2v) is 16.6. The number of benzene rings is 2. The molecule has 3 saturated heterocycles. The third-order valence-corrected chi connectivity index (χ3v) is 10.7. The lowest BCUT2D eigenvalue weighted by Gasteiger charge is -2.38. The zero-order valence-electron chi connectivity index (χ0n) is 34.8. The van der Waals surface area contributed by atoms with Gasteiger partial charge in [-0.2, -0.15) is 8.42 Å². The molecular weight excluding hydrogens is 859 g/mol. The van der Waals surface area contributed by atoms with Crippen LogP contribution in [0, 0.1) is 10.8 Å². The topological polar surface area (TPSA) is 284 Å². The lowest BCUT2D eigenvalue weighted by molar-refractivity contribution is -0.150. The van der Waals surface area contributed by atoms with Crippen molar-refractivity contribution in [2.24, 2.45) is 0 Å². The van der Waals surface area contributed by atoms with Gasteiger partial charge in [0.25, 0.3) is 21.9 Å². The predicted molar refractivity (Wildman–Crippen MR) is 227 cm³/mol. The third kappa shape index (κ3) is 12.6. The molecule has 4 amide bonds. The van der Waals surface area contributed by atoms with Crippen LogP contribution in [0.3, 0.4) is 0 Å². The lowest BCUT2D eigenvalue weighted by atomic mass is 9.88. The number of anilines is 2. The Bertz CT molecular complexity index is 2420. The van der Waals surface area contributed by atoms with E-state index < -0.39 is 51.8 Å².